The van der Waals surface area contributed by atoms with E-state index in [0.717, 1.165) is 30.4 Å². The molecular formula is C28H33N3O3. The smallest absolute Gasteiger partial charge is 0.255 e. The molecule has 34 heavy (non-hydrogen) atoms. The van der Waals surface area contributed by atoms with Crippen LogP contribution in [0.1, 0.15) is 60.0 Å². The molecule has 3 amide bonds. The number of rotatable bonds is 7. The molecule has 0 heterocycles. The molecule has 0 unspecified atom stereocenters. The molecule has 0 spiro atoms. The van der Waals surface area contributed by atoms with Gasteiger partial charge >= 0.3 is 0 Å². The van der Waals surface area contributed by atoms with E-state index in [4.69, 9.17) is 0 Å². The summed E-state index contributed by atoms with van der Waals surface area (Å²) in [7, 11) is 0. The predicted octanol–water partition coefficient (Wildman–Crippen LogP) is 4.20. The molecule has 4 aliphatic rings. The standard InChI is InChI=1S/C28H33N3O3/c1-18-5-7-23(8-6-18)26(33)31-24-4-2-3-19(12-24)16-29-25(32)17-30-27(34)28-13-20-9-21(14-28)11-22(10-20)15-28/h2-8,12,20-22H,9-11,13-17H2,1H3,(H,29,32)(H,30,34)(H,31,33). The van der Waals surface area contributed by atoms with E-state index in [9.17, 15) is 14.4 Å². The highest BCUT2D eigenvalue weighted by Crippen LogP contribution is 2.60. The summed E-state index contributed by atoms with van der Waals surface area (Å²) in [6.45, 7) is 2.32. The monoisotopic (exact) mass is 459 g/mol. The highest BCUT2D eigenvalue weighted by atomic mass is 16.2. The summed E-state index contributed by atoms with van der Waals surface area (Å²) in [6.07, 6.45) is 6.85. The number of hydrogen-bond donors (Lipinski definition) is 3. The summed E-state index contributed by atoms with van der Waals surface area (Å²) in [4.78, 5) is 37.9. The molecule has 4 fully saturated rings. The number of aryl methyl sites for hydroxylation is 1. The highest BCUT2D eigenvalue weighted by Gasteiger charge is 2.54. The van der Waals surface area contributed by atoms with Crippen LogP contribution in [0.2, 0.25) is 0 Å². The van der Waals surface area contributed by atoms with Crippen LogP contribution in [-0.4, -0.2) is 24.3 Å². The first-order valence-electron chi connectivity index (χ1n) is 12.4. The van der Waals surface area contributed by atoms with Crippen LogP contribution in [-0.2, 0) is 16.1 Å². The number of carbonyl (C=O) groups excluding carboxylic acids is 3. The number of nitrogens with one attached hydrogen (secondary N) is 3. The summed E-state index contributed by atoms with van der Waals surface area (Å²) in [5.74, 6) is 1.79. The molecule has 178 valence electrons. The molecule has 4 aliphatic carbocycles. The van der Waals surface area contributed by atoms with Crippen molar-refractivity contribution in [3.05, 3.63) is 65.2 Å². The minimum Gasteiger partial charge on any atom is -0.350 e. The Bertz CT molecular complexity index is 1060. The summed E-state index contributed by atoms with van der Waals surface area (Å²) in [5.41, 5.74) is 3.01. The lowest BCUT2D eigenvalue weighted by Crippen LogP contribution is -2.54. The lowest BCUT2D eigenvalue weighted by Gasteiger charge is -2.55. The van der Waals surface area contributed by atoms with Gasteiger partial charge in [0.25, 0.3) is 5.91 Å². The van der Waals surface area contributed by atoms with Crippen molar-refractivity contribution < 1.29 is 14.4 Å². The molecular weight excluding hydrogens is 426 g/mol. The maximum atomic E-state index is 13.0. The van der Waals surface area contributed by atoms with E-state index in [1.54, 1.807) is 12.1 Å². The van der Waals surface area contributed by atoms with Gasteiger partial charge in [0.1, 0.15) is 0 Å². The Balaban J connectivity index is 1.10. The zero-order chi connectivity index (χ0) is 23.7. The second-order valence-corrected chi connectivity index (χ2v) is 10.7. The van der Waals surface area contributed by atoms with Gasteiger partial charge in [-0.25, -0.2) is 0 Å². The maximum absolute atomic E-state index is 13.0. The van der Waals surface area contributed by atoms with E-state index in [1.807, 2.05) is 43.3 Å². The molecule has 6 rings (SSSR count). The normalized spacial score (nSPS) is 26.7. The number of carbonyl (C=O) groups is 3. The van der Waals surface area contributed by atoms with Crippen molar-refractivity contribution in [2.75, 3.05) is 11.9 Å². The Morgan fingerprint density at radius 2 is 1.53 bits per heavy atom. The number of benzene rings is 2. The molecule has 0 aliphatic heterocycles. The number of hydrogen-bond acceptors (Lipinski definition) is 3. The fourth-order valence-corrected chi connectivity index (χ4v) is 6.67. The van der Waals surface area contributed by atoms with Gasteiger partial charge < -0.3 is 16.0 Å². The second-order valence-electron chi connectivity index (χ2n) is 10.7. The molecule has 6 heteroatoms. The average molecular weight is 460 g/mol. The van der Waals surface area contributed by atoms with Crippen LogP contribution < -0.4 is 16.0 Å². The van der Waals surface area contributed by atoms with Gasteiger partial charge in [-0.1, -0.05) is 29.8 Å². The topological polar surface area (TPSA) is 87.3 Å². The van der Waals surface area contributed by atoms with E-state index < -0.39 is 0 Å². The van der Waals surface area contributed by atoms with E-state index in [-0.39, 0.29) is 29.7 Å². The van der Waals surface area contributed by atoms with Crippen LogP contribution in [0, 0.1) is 30.1 Å². The van der Waals surface area contributed by atoms with E-state index in [0.29, 0.717) is 35.5 Å². The van der Waals surface area contributed by atoms with Crippen LogP contribution in [0.3, 0.4) is 0 Å². The number of amides is 3. The van der Waals surface area contributed by atoms with Crippen LogP contribution in [0.4, 0.5) is 5.69 Å². The lowest BCUT2D eigenvalue weighted by atomic mass is 9.49. The van der Waals surface area contributed by atoms with Gasteiger partial charge in [-0.3, -0.25) is 14.4 Å². The zero-order valence-electron chi connectivity index (χ0n) is 19.7. The third-order valence-electron chi connectivity index (χ3n) is 7.92. The van der Waals surface area contributed by atoms with Crippen LogP contribution in [0.15, 0.2) is 48.5 Å². The third-order valence-corrected chi connectivity index (χ3v) is 7.92. The van der Waals surface area contributed by atoms with Crippen molar-refractivity contribution in [2.45, 2.75) is 52.0 Å². The van der Waals surface area contributed by atoms with Crippen LogP contribution in [0.5, 0.6) is 0 Å². The molecule has 4 bridgehead atoms. The molecule has 0 atom stereocenters. The Kier molecular flexibility index (Phi) is 6.15. The zero-order valence-corrected chi connectivity index (χ0v) is 19.7. The molecule has 4 saturated carbocycles. The first-order valence-corrected chi connectivity index (χ1v) is 12.4. The maximum Gasteiger partial charge on any atom is 0.255 e. The third kappa shape index (κ3) is 4.86. The van der Waals surface area contributed by atoms with Crippen molar-refractivity contribution >= 4 is 23.4 Å². The van der Waals surface area contributed by atoms with Crippen molar-refractivity contribution in [3.8, 4) is 0 Å². The highest BCUT2D eigenvalue weighted by molar-refractivity contribution is 6.04. The molecule has 0 radical (unpaired) electrons. The SMILES string of the molecule is Cc1ccc(C(=O)Nc2cccc(CNC(=O)CNC(=O)C34CC5CC(CC(C5)C3)C4)c2)cc1. The van der Waals surface area contributed by atoms with Gasteiger partial charge in [0.05, 0.1) is 6.54 Å². The number of anilines is 1. The van der Waals surface area contributed by atoms with Gasteiger partial charge in [0.15, 0.2) is 0 Å². The fraction of sp³-hybridized carbons (Fsp3) is 0.464. The van der Waals surface area contributed by atoms with E-state index in [1.165, 1.54) is 19.3 Å². The lowest BCUT2D eigenvalue weighted by molar-refractivity contribution is -0.147. The van der Waals surface area contributed by atoms with Crippen molar-refractivity contribution in [1.82, 2.24) is 10.6 Å². The summed E-state index contributed by atoms with van der Waals surface area (Å²) < 4.78 is 0. The van der Waals surface area contributed by atoms with Gasteiger partial charge in [-0.15, -0.1) is 0 Å². The van der Waals surface area contributed by atoms with Crippen LogP contribution in [0.25, 0.3) is 0 Å². The van der Waals surface area contributed by atoms with Crippen molar-refractivity contribution in [1.29, 1.82) is 0 Å². The summed E-state index contributed by atoms with van der Waals surface area (Å²) in [5, 5.41) is 8.71. The van der Waals surface area contributed by atoms with Crippen molar-refractivity contribution in [3.63, 3.8) is 0 Å². The molecule has 0 aromatic heterocycles. The quantitative estimate of drug-likeness (QED) is 0.580. The predicted molar refractivity (Wildman–Crippen MR) is 131 cm³/mol. The van der Waals surface area contributed by atoms with Gasteiger partial charge in [-0.05, 0) is 93.0 Å². The Labute approximate surface area is 200 Å². The largest absolute Gasteiger partial charge is 0.350 e. The van der Waals surface area contributed by atoms with Crippen LogP contribution >= 0.6 is 0 Å². The summed E-state index contributed by atoms with van der Waals surface area (Å²) in [6, 6.07) is 14.8. The minimum atomic E-state index is -0.237. The Morgan fingerprint density at radius 1 is 0.882 bits per heavy atom. The van der Waals surface area contributed by atoms with Crippen molar-refractivity contribution in [2.24, 2.45) is 23.2 Å². The Hall–Kier alpha value is -3.15. The Morgan fingerprint density at radius 3 is 2.18 bits per heavy atom. The van der Waals surface area contributed by atoms with Gasteiger partial charge in [0.2, 0.25) is 11.8 Å². The average Bonchev–Trinajstić information content (AvgIpc) is 2.81. The first kappa shape index (κ1) is 22.6. The molecule has 2 aromatic rings. The first-order chi connectivity index (χ1) is 16.4. The van der Waals surface area contributed by atoms with E-state index in [2.05, 4.69) is 16.0 Å². The second kappa shape index (κ2) is 9.24. The minimum absolute atomic E-state index is 0.00440. The molecule has 6 nitrogen and oxygen atoms in total. The fourth-order valence-electron chi connectivity index (χ4n) is 6.67. The molecule has 0 saturated heterocycles. The van der Waals surface area contributed by atoms with Gasteiger partial charge in [-0.2, -0.15) is 0 Å². The van der Waals surface area contributed by atoms with E-state index >= 15 is 0 Å². The van der Waals surface area contributed by atoms with Gasteiger partial charge in [0, 0.05) is 23.2 Å². The molecule has 2 aromatic carbocycles. The summed E-state index contributed by atoms with van der Waals surface area (Å²) >= 11 is 0. The molecule has 3 N–H and O–H groups in total.